The molecule has 6 nitrogen and oxygen atoms in total. The van der Waals surface area contributed by atoms with Gasteiger partial charge in [0.2, 0.25) is 18.6 Å². The molecule has 3 rings (SSSR count). The Kier molecular flexibility index (Phi) is 3.94. The topological polar surface area (TPSA) is 76.7 Å². The number of anilines is 1. The molecule has 1 heterocycles. The molecule has 2 N–H and O–H groups in total. The molecule has 1 aromatic rings. The molecule has 1 fully saturated rings. The van der Waals surface area contributed by atoms with Crippen molar-refractivity contribution in [3.05, 3.63) is 18.2 Å². The monoisotopic (exact) mass is 290 g/mol. The van der Waals surface area contributed by atoms with Gasteiger partial charge in [-0.05, 0) is 31.4 Å². The Hall–Kier alpha value is -2.24. The maximum atomic E-state index is 11.8. The van der Waals surface area contributed by atoms with E-state index >= 15 is 0 Å². The minimum Gasteiger partial charge on any atom is -0.454 e. The van der Waals surface area contributed by atoms with Gasteiger partial charge in [-0.25, -0.2) is 0 Å². The fourth-order valence-electron chi connectivity index (χ4n) is 2.15. The van der Waals surface area contributed by atoms with Crippen LogP contribution in [-0.2, 0) is 9.59 Å². The van der Waals surface area contributed by atoms with Gasteiger partial charge in [0.25, 0.3) is 0 Å². The molecule has 0 atom stereocenters. The molecule has 0 radical (unpaired) electrons. The van der Waals surface area contributed by atoms with E-state index in [2.05, 4.69) is 10.6 Å². The van der Waals surface area contributed by atoms with Crippen LogP contribution in [0.4, 0.5) is 5.69 Å². The van der Waals surface area contributed by atoms with E-state index < -0.39 is 0 Å². The molecule has 0 spiro atoms. The average molecular weight is 290 g/mol. The molecule has 1 aliphatic heterocycles. The van der Waals surface area contributed by atoms with Crippen LogP contribution in [0.15, 0.2) is 18.2 Å². The van der Waals surface area contributed by atoms with Crippen LogP contribution in [0.25, 0.3) is 0 Å². The fraction of sp³-hybridized carbons (Fsp3) is 0.467. The molecule has 0 saturated heterocycles. The van der Waals surface area contributed by atoms with E-state index in [1.54, 1.807) is 18.2 Å². The summed E-state index contributed by atoms with van der Waals surface area (Å²) < 4.78 is 10.5. The summed E-state index contributed by atoms with van der Waals surface area (Å²) >= 11 is 0. The van der Waals surface area contributed by atoms with Gasteiger partial charge in [-0.1, -0.05) is 0 Å². The van der Waals surface area contributed by atoms with Crippen LogP contribution in [0.3, 0.4) is 0 Å². The fourth-order valence-corrected chi connectivity index (χ4v) is 2.15. The zero-order chi connectivity index (χ0) is 14.7. The Bertz CT molecular complexity index is 555. The number of amides is 2. The molecule has 1 aromatic carbocycles. The molecule has 0 aromatic heterocycles. The molecule has 2 aliphatic rings. The highest BCUT2D eigenvalue weighted by molar-refractivity contribution is 5.91. The van der Waals surface area contributed by atoms with Gasteiger partial charge in [0.15, 0.2) is 11.5 Å². The molecule has 21 heavy (non-hydrogen) atoms. The lowest BCUT2D eigenvalue weighted by atomic mass is 10.2. The Morgan fingerprint density at radius 1 is 1.19 bits per heavy atom. The third-order valence-electron chi connectivity index (χ3n) is 3.48. The number of carbonyl (C=O) groups excluding carboxylic acids is 2. The summed E-state index contributed by atoms with van der Waals surface area (Å²) in [5.74, 6) is 1.59. The largest absolute Gasteiger partial charge is 0.454 e. The molecule has 0 bridgehead atoms. The lowest BCUT2D eigenvalue weighted by Gasteiger charge is -2.07. The molecule has 6 heteroatoms. The van der Waals surface area contributed by atoms with Crippen molar-refractivity contribution in [3.8, 4) is 11.5 Å². The van der Waals surface area contributed by atoms with Crippen molar-refractivity contribution in [3.63, 3.8) is 0 Å². The van der Waals surface area contributed by atoms with E-state index in [1.807, 2.05) is 0 Å². The van der Waals surface area contributed by atoms with Crippen molar-refractivity contribution >= 4 is 17.5 Å². The minimum atomic E-state index is -0.0745. The predicted octanol–water partition coefficient (Wildman–Crippen LogP) is 1.66. The molecule has 1 aliphatic carbocycles. The van der Waals surface area contributed by atoms with Crippen LogP contribution in [0.5, 0.6) is 11.5 Å². The smallest absolute Gasteiger partial charge is 0.231 e. The van der Waals surface area contributed by atoms with Crippen molar-refractivity contribution in [2.24, 2.45) is 5.92 Å². The quantitative estimate of drug-likeness (QED) is 0.781. The van der Waals surface area contributed by atoms with Crippen molar-refractivity contribution < 1.29 is 19.1 Å². The SMILES string of the molecule is O=C(CCCNC(=O)C1CC1)Nc1ccc2c(c1)OCO2. The van der Waals surface area contributed by atoms with Crippen LogP contribution < -0.4 is 20.1 Å². The highest BCUT2D eigenvalue weighted by atomic mass is 16.7. The summed E-state index contributed by atoms with van der Waals surface area (Å²) in [4.78, 5) is 23.2. The number of benzene rings is 1. The number of fused-ring (bicyclic) bond motifs is 1. The van der Waals surface area contributed by atoms with E-state index in [1.165, 1.54) is 0 Å². The van der Waals surface area contributed by atoms with Gasteiger partial charge >= 0.3 is 0 Å². The van der Waals surface area contributed by atoms with Crippen LogP contribution in [0.2, 0.25) is 0 Å². The van der Waals surface area contributed by atoms with Crippen molar-refractivity contribution in [1.29, 1.82) is 0 Å². The van der Waals surface area contributed by atoms with Gasteiger partial charge in [-0.15, -0.1) is 0 Å². The summed E-state index contributed by atoms with van der Waals surface area (Å²) in [5.41, 5.74) is 0.686. The molecular formula is C15H18N2O4. The van der Waals surface area contributed by atoms with E-state index in [9.17, 15) is 9.59 Å². The number of nitrogens with one attached hydrogen (secondary N) is 2. The molecular weight excluding hydrogens is 272 g/mol. The van der Waals surface area contributed by atoms with Gasteiger partial charge in [0.05, 0.1) is 0 Å². The van der Waals surface area contributed by atoms with Gasteiger partial charge in [0, 0.05) is 30.6 Å². The summed E-state index contributed by atoms with van der Waals surface area (Å²) in [7, 11) is 0. The zero-order valence-corrected chi connectivity index (χ0v) is 11.7. The van der Waals surface area contributed by atoms with Crippen LogP contribution in [0.1, 0.15) is 25.7 Å². The summed E-state index contributed by atoms with van der Waals surface area (Å²) in [6.07, 6.45) is 3.00. The first-order chi connectivity index (χ1) is 10.2. The second-order valence-corrected chi connectivity index (χ2v) is 5.29. The van der Waals surface area contributed by atoms with Crippen LogP contribution in [0, 0.1) is 5.92 Å². The highest BCUT2D eigenvalue weighted by Crippen LogP contribution is 2.34. The van der Waals surface area contributed by atoms with Crippen molar-refractivity contribution in [2.45, 2.75) is 25.7 Å². The van der Waals surface area contributed by atoms with E-state index in [0.717, 1.165) is 12.8 Å². The summed E-state index contributed by atoms with van der Waals surface area (Å²) in [6.45, 7) is 0.761. The Morgan fingerprint density at radius 3 is 2.81 bits per heavy atom. The normalized spacial score (nSPS) is 15.6. The molecule has 112 valence electrons. The Balaban J connectivity index is 1.38. The standard InChI is InChI=1S/C15H18N2O4/c18-14(2-1-7-16-15(19)10-3-4-10)17-11-5-6-12-13(8-11)21-9-20-12/h5-6,8,10H,1-4,7,9H2,(H,16,19)(H,17,18). The lowest BCUT2D eigenvalue weighted by molar-refractivity contribution is -0.122. The zero-order valence-electron chi connectivity index (χ0n) is 11.7. The Morgan fingerprint density at radius 2 is 2.00 bits per heavy atom. The van der Waals surface area contributed by atoms with Gasteiger partial charge in [-0.2, -0.15) is 0 Å². The first kappa shape index (κ1) is 13.7. The first-order valence-electron chi connectivity index (χ1n) is 7.19. The number of ether oxygens (including phenoxy) is 2. The third-order valence-corrected chi connectivity index (χ3v) is 3.48. The summed E-state index contributed by atoms with van der Waals surface area (Å²) in [6, 6.07) is 5.29. The number of carbonyl (C=O) groups is 2. The van der Waals surface area contributed by atoms with E-state index in [-0.39, 0.29) is 24.5 Å². The molecule has 1 saturated carbocycles. The third kappa shape index (κ3) is 3.65. The Labute approximate surface area is 122 Å². The first-order valence-corrected chi connectivity index (χ1v) is 7.19. The van der Waals surface area contributed by atoms with Crippen LogP contribution >= 0.6 is 0 Å². The minimum absolute atomic E-state index is 0.0745. The van der Waals surface area contributed by atoms with Crippen molar-refractivity contribution in [1.82, 2.24) is 5.32 Å². The number of rotatable bonds is 6. The number of hydrogen-bond donors (Lipinski definition) is 2. The van der Waals surface area contributed by atoms with Gasteiger partial charge in [-0.3, -0.25) is 9.59 Å². The van der Waals surface area contributed by atoms with Crippen LogP contribution in [-0.4, -0.2) is 25.2 Å². The van der Waals surface area contributed by atoms with Crippen molar-refractivity contribution in [2.75, 3.05) is 18.7 Å². The maximum Gasteiger partial charge on any atom is 0.231 e. The van der Waals surface area contributed by atoms with Gasteiger partial charge in [0.1, 0.15) is 0 Å². The number of hydrogen-bond acceptors (Lipinski definition) is 4. The highest BCUT2D eigenvalue weighted by Gasteiger charge is 2.28. The molecule has 0 unspecified atom stereocenters. The lowest BCUT2D eigenvalue weighted by Crippen LogP contribution is -2.26. The van der Waals surface area contributed by atoms with Gasteiger partial charge < -0.3 is 20.1 Å². The second-order valence-electron chi connectivity index (χ2n) is 5.29. The summed E-state index contributed by atoms with van der Waals surface area (Å²) in [5, 5.41) is 5.65. The maximum absolute atomic E-state index is 11.8. The predicted molar refractivity (Wildman–Crippen MR) is 76.2 cm³/mol. The van der Waals surface area contributed by atoms with E-state index in [0.29, 0.717) is 36.6 Å². The average Bonchev–Trinajstić information content (AvgIpc) is 3.22. The second kappa shape index (κ2) is 6.03. The molecule has 2 amide bonds. The van der Waals surface area contributed by atoms with E-state index in [4.69, 9.17) is 9.47 Å².